The third-order valence-corrected chi connectivity index (χ3v) is 4.47. The van der Waals surface area contributed by atoms with Crippen molar-refractivity contribution >= 4 is 11.8 Å². The number of likely N-dealkylation sites (tertiary alicyclic amines) is 1. The molecule has 1 aromatic carbocycles. The molecule has 5 heteroatoms. The highest BCUT2D eigenvalue weighted by molar-refractivity contribution is 5.85. The number of nitrogens with one attached hydrogen (secondary N) is 1. The lowest BCUT2D eigenvalue weighted by atomic mass is 10.1. The lowest BCUT2D eigenvalue weighted by Gasteiger charge is -2.28. The Morgan fingerprint density at radius 1 is 1.27 bits per heavy atom. The monoisotopic (exact) mass is 302 g/mol. The number of hydrogen-bond acceptors (Lipinski definition) is 3. The van der Waals surface area contributed by atoms with Gasteiger partial charge in [0.1, 0.15) is 0 Å². The molecule has 1 aromatic rings. The Kier molecular flexibility index (Phi) is 4.43. The summed E-state index contributed by atoms with van der Waals surface area (Å²) in [5.41, 5.74) is 1.01. The number of benzene rings is 1. The fourth-order valence-corrected chi connectivity index (χ4v) is 2.92. The van der Waals surface area contributed by atoms with Gasteiger partial charge in [-0.05, 0) is 30.7 Å². The van der Waals surface area contributed by atoms with Gasteiger partial charge in [0.2, 0.25) is 5.91 Å². The van der Waals surface area contributed by atoms with Crippen LogP contribution < -0.4 is 5.32 Å². The van der Waals surface area contributed by atoms with Gasteiger partial charge in [-0.15, -0.1) is 0 Å². The van der Waals surface area contributed by atoms with Gasteiger partial charge in [-0.2, -0.15) is 0 Å². The van der Waals surface area contributed by atoms with Crippen molar-refractivity contribution in [3.63, 3.8) is 0 Å². The maximum absolute atomic E-state index is 12.1. The van der Waals surface area contributed by atoms with E-state index in [9.17, 15) is 14.7 Å². The maximum Gasteiger partial charge on any atom is 0.251 e. The van der Waals surface area contributed by atoms with Gasteiger partial charge in [-0.3, -0.25) is 9.59 Å². The first-order chi connectivity index (χ1) is 10.6. The molecule has 5 nitrogen and oxygen atoms in total. The van der Waals surface area contributed by atoms with Gasteiger partial charge < -0.3 is 15.3 Å². The third kappa shape index (κ3) is 3.47. The number of aliphatic hydroxyl groups is 1. The number of nitrogens with zero attached hydrogens (tertiary/aromatic N) is 1. The van der Waals surface area contributed by atoms with Crippen molar-refractivity contribution in [2.45, 2.75) is 44.4 Å². The average molecular weight is 302 g/mol. The van der Waals surface area contributed by atoms with E-state index in [-0.39, 0.29) is 11.8 Å². The molecular weight excluding hydrogens is 280 g/mol. The summed E-state index contributed by atoms with van der Waals surface area (Å²) in [4.78, 5) is 25.8. The second-order valence-corrected chi connectivity index (χ2v) is 6.25. The number of carbonyl (C=O) groups is 2. The lowest BCUT2D eigenvalue weighted by Crippen LogP contribution is -2.49. The lowest BCUT2D eigenvalue weighted by molar-refractivity contribution is -0.137. The highest BCUT2D eigenvalue weighted by Gasteiger charge is 2.39. The van der Waals surface area contributed by atoms with E-state index in [1.165, 1.54) is 0 Å². The minimum atomic E-state index is -1.14. The Balaban J connectivity index is 1.62. The van der Waals surface area contributed by atoms with Gasteiger partial charge in [-0.1, -0.05) is 30.3 Å². The van der Waals surface area contributed by atoms with Crippen LogP contribution in [0.1, 0.15) is 31.2 Å². The third-order valence-electron chi connectivity index (χ3n) is 4.47. The molecule has 3 rings (SSSR count). The van der Waals surface area contributed by atoms with Crippen molar-refractivity contribution in [2.24, 2.45) is 5.92 Å². The Hall–Kier alpha value is -1.88. The number of carbonyl (C=O) groups excluding carboxylic acids is 2. The highest BCUT2D eigenvalue weighted by Crippen LogP contribution is 2.28. The van der Waals surface area contributed by atoms with Crippen LogP contribution in [0.3, 0.4) is 0 Å². The molecule has 1 heterocycles. The van der Waals surface area contributed by atoms with Crippen LogP contribution in [0.25, 0.3) is 0 Å². The molecule has 2 N–H and O–H groups in total. The van der Waals surface area contributed by atoms with Crippen LogP contribution >= 0.6 is 0 Å². The first-order valence-electron chi connectivity index (χ1n) is 7.94. The summed E-state index contributed by atoms with van der Waals surface area (Å²) < 4.78 is 0. The summed E-state index contributed by atoms with van der Waals surface area (Å²) in [6.45, 7) is 1.08. The Morgan fingerprint density at radius 3 is 2.68 bits per heavy atom. The zero-order chi connectivity index (χ0) is 15.5. The van der Waals surface area contributed by atoms with Crippen LogP contribution in [0.15, 0.2) is 30.3 Å². The van der Waals surface area contributed by atoms with Crippen LogP contribution in [0.2, 0.25) is 0 Å². The standard InChI is InChI=1S/C17H22N2O3/c20-15-9-8-14(16(21)17(22)18-10-12-6-7-12)19(15)11-13-4-2-1-3-5-13/h1-5,12,14,16,21H,6-11H2,(H,18,22). The minimum absolute atomic E-state index is 0.00268. The van der Waals surface area contributed by atoms with E-state index in [0.717, 1.165) is 18.4 Å². The normalized spacial score (nSPS) is 22.7. The molecule has 118 valence electrons. The van der Waals surface area contributed by atoms with Crippen LogP contribution in [-0.2, 0) is 16.1 Å². The van der Waals surface area contributed by atoms with Gasteiger partial charge in [-0.25, -0.2) is 0 Å². The van der Waals surface area contributed by atoms with Crippen molar-refractivity contribution in [1.29, 1.82) is 0 Å². The molecule has 1 aliphatic carbocycles. The molecule has 0 spiro atoms. The Bertz CT molecular complexity index is 542. The van der Waals surface area contributed by atoms with Crippen molar-refractivity contribution < 1.29 is 14.7 Å². The van der Waals surface area contributed by atoms with E-state index in [1.807, 2.05) is 30.3 Å². The molecule has 0 aromatic heterocycles. The summed E-state index contributed by atoms with van der Waals surface area (Å²) in [6, 6.07) is 9.23. The molecule has 2 aliphatic rings. The SMILES string of the molecule is O=C(NCC1CC1)C(O)C1CCC(=O)N1Cc1ccccc1. The molecule has 0 radical (unpaired) electrons. The summed E-state index contributed by atoms with van der Waals surface area (Å²) in [7, 11) is 0. The zero-order valence-electron chi connectivity index (χ0n) is 12.6. The van der Waals surface area contributed by atoms with E-state index >= 15 is 0 Å². The van der Waals surface area contributed by atoms with Crippen molar-refractivity contribution in [3.8, 4) is 0 Å². The number of rotatable bonds is 6. The van der Waals surface area contributed by atoms with Crippen LogP contribution in [0.5, 0.6) is 0 Å². The first kappa shape index (κ1) is 15.0. The minimum Gasteiger partial charge on any atom is -0.381 e. The fraction of sp³-hybridized carbons (Fsp3) is 0.529. The van der Waals surface area contributed by atoms with Gasteiger partial charge in [0.25, 0.3) is 5.91 Å². The van der Waals surface area contributed by atoms with Gasteiger partial charge in [0.15, 0.2) is 6.10 Å². The Morgan fingerprint density at radius 2 is 2.00 bits per heavy atom. The van der Waals surface area contributed by atoms with Crippen molar-refractivity contribution in [2.75, 3.05) is 6.54 Å². The summed E-state index contributed by atoms with van der Waals surface area (Å²) in [6.07, 6.45) is 2.08. The number of aliphatic hydroxyl groups excluding tert-OH is 1. The number of hydrogen-bond donors (Lipinski definition) is 2. The van der Waals surface area contributed by atoms with E-state index in [4.69, 9.17) is 0 Å². The van der Waals surface area contributed by atoms with E-state index in [0.29, 0.717) is 31.8 Å². The smallest absolute Gasteiger partial charge is 0.251 e. The molecular formula is C17H22N2O3. The molecule has 2 atom stereocenters. The predicted molar refractivity (Wildman–Crippen MR) is 81.8 cm³/mol. The van der Waals surface area contributed by atoms with Crippen LogP contribution in [0, 0.1) is 5.92 Å². The first-order valence-corrected chi connectivity index (χ1v) is 7.94. The second-order valence-electron chi connectivity index (χ2n) is 6.25. The van der Waals surface area contributed by atoms with Crippen LogP contribution in [0.4, 0.5) is 0 Å². The van der Waals surface area contributed by atoms with E-state index < -0.39 is 12.1 Å². The zero-order valence-corrected chi connectivity index (χ0v) is 12.6. The van der Waals surface area contributed by atoms with E-state index in [2.05, 4.69) is 5.32 Å². The number of amides is 2. The Labute approximate surface area is 130 Å². The molecule has 2 unspecified atom stereocenters. The second kappa shape index (κ2) is 6.48. The van der Waals surface area contributed by atoms with Crippen LogP contribution in [-0.4, -0.2) is 40.5 Å². The molecule has 1 saturated carbocycles. The fourth-order valence-electron chi connectivity index (χ4n) is 2.92. The van der Waals surface area contributed by atoms with Gasteiger partial charge in [0, 0.05) is 19.5 Å². The average Bonchev–Trinajstić information content (AvgIpc) is 3.30. The quantitative estimate of drug-likeness (QED) is 0.825. The molecule has 2 fully saturated rings. The summed E-state index contributed by atoms with van der Waals surface area (Å²) in [5.74, 6) is 0.217. The molecule has 2 amide bonds. The molecule has 1 aliphatic heterocycles. The topological polar surface area (TPSA) is 69.6 Å². The van der Waals surface area contributed by atoms with Crippen molar-refractivity contribution in [1.82, 2.24) is 10.2 Å². The highest BCUT2D eigenvalue weighted by atomic mass is 16.3. The van der Waals surface area contributed by atoms with E-state index in [1.54, 1.807) is 4.90 Å². The largest absolute Gasteiger partial charge is 0.381 e. The van der Waals surface area contributed by atoms with Gasteiger partial charge in [0.05, 0.1) is 6.04 Å². The summed E-state index contributed by atoms with van der Waals surface area (Å²) in [5, 5.41) is 13.1. The predicted octanol–water partition coefficient (Wildman–Crippen LogP) is 1.06. The molecule has 22 heavy (non-hydrogen) atoms. The molecule has 1 saturated heterocycles. The van der Waals surface area contributed by atoms with Gasteiger partial charge >= 0.3 is 0 Å². The summed E-state index contributed by atoms with van der Waals surface area (Å²) >= 11 is 0. The maximum atomic E-state index is 12.1. The van der Waals surface area contributed by atoms with Crippen molar-refractivity contribution in [3.05, 3.63) is 35.9 Å². The molecule has 0 bridgehead atoms.